The van der Waals surface area contributed by atoms with Gasteiger partial charge < -0.3 is 0 Å². The molecule has 0 saturated heterocycles. The number of benzene rings is 7. The van der Waals surface area contributed by atoms with Crippen molar-refractivity contribution in [1.29, 1.82) is 0 Å². The molecule has 9 aromatic rings. The smallest absolute Gasteiger partial charge is 0.179 e. The van der Waals surface area contributed by atoms with E-state index in [0.717, 1.165) is 33.7 Å². The summed E-state index contributed by atoms with van der Waals surface area (Å²) >= 11 is 0. The molecule has 3 nitrogen and oxygen atoms in total. The zero-order valence-corrected chi connectivity index (χ0v) is 28.4. The maximum atomic E-state index is 5.28. The third-order valence-corrected chi connectivity index (χ3v) is 14.5. The SMILES string of the molecule is c1ccc(-c2nc(-c3cccc([Si](c4ccccc4)(c4ccccc4)c4ccccc4)c3)cc(-n3c4ccccc4c4ccccc43)n2)cc1. The van der Waals surface area contributed by atoms with Gasteiger partial charge in [-0.2, -0.15) is 0 Å². The molecule has 0 saturated carbocycles. The standard InChI is InChI=1S/C46H33N3Si/c1-5-18-34(19-6-1)46-47-42(33-45(48-46)49-43-30-15-13-28-40(43)41-29-14-16-31-44(41)49)35-20-17-27-39(32-35)50(36-21-7-2-8-22-36,37-23-9-3-10-24-37)38-25-11-4-12-26-38/h1-33H. The molecular weight excluding hydrogens is 623 g/mol. The summed E-state index contributed by atoms with van der Waals surface area (Å²) < 4.78 is 2.28. The normalized spacial score (nSPS) is 11.6. The second-order valence-corrected chi connectivity index (χ2v) is 16.4. The van der Waals surface area contributed by atoms with Crippen molar-refractivity contribution in [3.8, 4) is 28.5 Å². The van der Waals surface area contributed by atoms with Gasteiger partial charge in [-0.15, -0.1) is 0 Å². The third-order valence-electron chi connectivity index (χ3n) is 9.77. The number of aromatic nitrogens is 3. The van der Waals surface area contributed by atoms with Crippen molar-refractivity contribution >= 4 is 50.6 Å². The van der Waals surface area contributed by atoms with Crippen molar-refractivity contribution < 1.29 is 0 Å². The summed E-state index contributed by atoms with van der Waals surface area (Å²) in [6.45, 7) is 0. The topological polar surface area (TPSA) is 30.7 Å². The first kappa shape index (κ1) is 29.8. The maximum Gasteiger partial charge on any atom is 0.179 e. The van der Waals surface area contributed by atoms with Crippen LogP contribution in [0.1, 0.15) is 0 Å². The van der Waals surface area contributed by atoms with Gasteiger partial charge in [-0.25, -0.2) is 9.97 Å². The van der Waals surface area contributed by atoms with Gasteiger partial charge >= 0.3 is 0 Å². The molecule has 0 amide bonds. The molecule has 0 spiro atoms. The van der Waals surface area contributed by atoms with Crippen LogP contribution in [-0.4, -0.2) is 22.6 Å². The van der Waals surface area contributed by atoms with Gasteiger partial charge in [0.25, 0.3) is 0 Å². The minimum absolute atomic E-state index is 0.697. The van der Waals surface area contributed by atoms with Crippen LogP contribution in [0.3, 0.4) is 0 Å². The van der Waals surface area contributed by atoms with E-state index in [2.05, 4.69) is 187 Å². The van der Waals surface area contributed by atoms with Crippen LogP contribution in [0.25, 0.3) is 50.3 Å². The first-order valence-electron chi connectivity index (χ1n) is 17.0. The van der Waals surface area contributed by atoms with Gasteiger partial charge in [0.15, 0.2) is 13.9 Å². The first-order valence-corrected chi connectivity index (χ1v) is 19.0. The fourth-order valence-corrected chi connectivity index (χ4v) is 12.4. The monoisotopic (exact) mass is 655 g/mol. The highest BCUT2D eigenvalue weighted by Crippen LogP contribution is 2.33. The summed E-state index contributed by atoms with van der Waals surface area (Å²) in [6.07, 6.45) is 0. The van der Waals surface area contributed by atoms with Crippen molar-refractivity contribution in [3.63, 3.8) is 0 Å². The Morgan fingerprint density at radius 3 is 1.34 bits per heavy atom. The molecule has 2 aromatic heterocycles. The van der Waals surface area contributed by atoms with Crippen molar-refractivity contribution in [2.45, 2.75) is 0 Å². The van der Waals surface area contributed by atoms with Crippen LogP contribution < -0.4 is 20.7 Å². The van der Waals surface area contributed by atoms with E-state index in [1.54, 1.807) is 0 Å². The van der Waals surface area contributed by atoms with Gasteiger partial charge in [-0.05, 0) is 32.9 Å². The molecule has 236 valence electrons. The van der Waals surface area contributed by atoms with E-state index in [1.807, 2.05) is 18.2 Å². The fraction of sp³-hybridized carbons (Fsp3) is 0. The number of rotatable bonds is 7. The Morgan fingerprint density at radius 1 is 0.360 bits per heavy atom. The highest BCUT2D eigenvalue weighted by atomic mass is 28.3. The van der Waals surface area contributed by atoms with Crippen molar-refractivity contribution in [2.24, 2.45) is 0 Å². The molecule has 0 radical (unpaired) electrons. The summed E-state index contributed by atoms with van der Waals surface area (Å²) in [4.78, 5) is 10.5. The number of para-hydroxylation sites is 2. The largest absolute Gasteiger partial charge is 0.294 e. The van der Waals surface area contributed by atoms with E-state index >= 15 is 0 Å². The molecule has 0 fully saturated rings. The number of hydrogen-bond donors (Lipinski definition) is 0. The molecule has 0 bridgehead atoms. The maximum absolute atomic E-state index is 5.28. The van der Waals surface area contributed by atoms with Gasteiger partial charge in [0, 0.05) is 28.0 Å². The predicted molar refractivity (Wildman–Crippen MR) is 211 cm³/mol. The summed E-state index contributed by atoms with van der Waals surface area (Å²) in [5.74, 6) is 1.54. The number of nitrogens with zero attached hydrogens (tertiary/aromatic N) is 3. The lowest BCUT2D eigenvalue weighted by molar-refractivity contribution is 1.05. The summed E-state index contributed by atoms with van der Waals surface area (Å²) in [7, 11) is -2.73. The molecule has 2 heterocycles. The Kier molecular flexibility index (Phi) is 7.49. The molecule has 0 unspecified atom stereocenters. The van der Waals surface area contributed by atoms with Crippen LogP contribution in [0, 0.1) is 0 Å². The molecular formula is C46H33N3Si. The first-order chi connectivity index (χ1) is 24.8. The van der Waals surface area contributed by atoms with Crippen molar-refractivity contribution in [1.82, 2.24) is 14.5 Å². The Balaban J connectivity index is 1.32. The number of hydrogen-bond acceptors (Lipinski definition) is 2. The van der Waals surface area contributed by atoms with Gasteiger partial charge in [-0.1, -0.05) is 182 Å². The Bertz CT molecular complexity index is 2430. The highest BCUT2D eigenvalue weighted by Gasteiger charge is 2.41. The van der Waals surface area contributed by atoms with Crippen LogP contribution in [0.4, 0.5) is 0 Å². The quantitative estimate of drug-likeness (QED) is 0.128. The van der Waals surface area contributed by atoms with E-state index in [0.29, 0.717) is 5.82 Å². The lowest BCUT2D eigenvalue weighted by Crippen LogP contribution is -2.74. The van der Waals surface area contributed by atoms with Crippen LogP contribution in [0.5, 0.6) is 0 Å². The Labute approximate surface area is 292 Å². The second kappa shape index (κ2) is 12.6. The summed E-state index contributed by atoms with van der Waals surface area (Å²) in [5, 5.41) is 7.73. The molecule has 50 heavy (non-hydrogen) atoms. The minimum atomic E-state index is -2.73. The van der Waals surface area contributed by atoms with Crippen LogP contribution >= 0.6 is 0 Å². The zero-order chi connectivity index (χ0) is 33.3. The fourth-order valence-electron chi connectivity index (χ4n) is 7.56. The van der Waals surface area contributed by atoms with E-state index in [1.165, 1.54) is 31.5 Å². The highest BCUT2D eigenvalue weighted by molar-refractivity contribution is 7.19. The van der Waals surface area contributed by atoms with Gasteiger partial charge in [0.05, 0.1) is 16.7 Å². The van der Waals surface area contributed by atoms with Crippen LogP contribution in [0.2, 0.25) is 0 Å². The minimum Gasteiger partial charge on any atom is -0.294 e. The number of fused-ring (bicyclic) bond motifs is 3. The van der Waals surface area contributed by atoms with Gasteiger partial charge in [0.1, 0.15) is 5.82 Å². The lowest BCUT2D eigenvalue weighted by atomic mass is 10.1. The van der Waals surface area contributed by atoms with Crippen LogP contribution in [0.15, 0.2) is 200 Å². The molecule has 0 atom stereocenters. The van der Waals surface area contributed by atoms with E-state index in [-0.39, 0.29) is 0 Å². The molecule has 7 aromatic carbocycles. The molecule has 0 aliphatic rings. The van der Waals surface area contributed by atoms with Crippen LogP contribution in [-0.2, 0) is 0 Å². The Morgan fingerprint density at radius 2 is 0.800 bits per heavy atom. The van der Waals surface area contributed by atoms with Crippen molar-refractivity contribution in [2.75, 3.05) is 0 Å². The molecule has 0 aliphatic heterocycles. The molecule has 0 N–H and O–H groups in total. The third kappa shape index (κ3) is 4.97. The second-order valence-electron chi connectivity index (χ2n) is 12.6. The van der Waals surface area contributed by atoms with E-state index in [9.17, 15) is 0 Å². The van der Waals surface area contributed by atoms with Crippen molar-refractivity contribution in [3.05, 3.63) is 200 Å². The van der Waals surface area contributed by atoms with Gasteiger partial charge in [-0.3, -0.25) is 4.57 Å². The van der Waals surface area contributed by atoms with E-state index in [4.69, 9.17) is 9.97 Å². The molecule has 4 heteroatoms. The average Bonchev–Trinajstić information content (AvgIpc) is 3.54. The predicted octanol–water partition coefficient (Wildman–Crippen LogP) is 8.29. The zero-order valence-electron chi connectivity index (χ0n) is 27.4. The Hall–Kier alpha value is -6.36. The molecule has 0 aliphatic carbocycles. The summed E-state index contributed by atoms with van der Waals surface area (Å²) in [5.41, 5.74) is 5.16. The molecule has 9 rings (SSSR count). The average molecular weight is 656 g/mol. The van der Waals surface area contributed by atoms with E-state index < -0.39 is 8.07 Å². The lowest BCUT2D eigenvalue weighted by Gasteiger charge is -2.34. The summed E-state index contributed by atoms with van der Waals surface area (Å²) in [6, 6.07) is 71.8. The van der Waals surface area contributed by atoms with Gasteiger partial charge in [0.2, 0.25) is 0 Å².